The van der Waals surface area contributed by atoms with Gasteiger partial charge in [-0.05, 0) is 61.2 Å². The zero-order chi connectivity index (χ0) is 22.8. The molecule has 2 aromatic carbocycles. The number of aromatic nitrogens is 1. The number of aryl methyl sites for hydroxylation is 1. The van der Waals surface area contributed by atoms with Crippen LogP contribution >= 0.6 is 15.9 Å². The molecule has 0 spiro atoms. The Labute approximate surface area is 192 Å². The lowest BCUT2D eigenvalue weighted by atomic mass is 9.89. The van der Waals surface area contributed by atoms with Gasteiger partial charge in [0.05, 0.1) is 11.6 Å². The molecule has 4 rings (SSSR count). The fraction of sp³-hybridized carbons (Fsp3) is 0.167. The van der Waals surface area contributed by atoms with E-state index in [1.54, 1.807) is 48.5 Å². The molecule has 8 heteroatoms. The fourth-order valence-electron chi connectivity index (χ4n) is 3.95. The molecule has 7 nitrogen and oxygen atoms in total. The Morgan fingerprint density at radius 2 is 1.69 bits per heavy atom. The number of halogens is 1. The minimum absolute atomic E-state index is 0.143. The topological polar surface area (TPSA) is 122 Å². The van der Waals surface area contributed by atoms with E-state index in [1.807, 2.05) is 0 Å². The standard InChI is InChI=1S/C24H20BrN3O4/c25-14-10-8-13(9-11-14)21(29)15-4-1-2-5-16(15)23(31)27-19-6-3-7-20-17(19)12-18(22(26)30)24(32)28-20/h1-2,4-5,8-12,19H,3,6-7H2,(H2,26,30)(H,27,31)(H,28,32)/t19-/m0/s1. The van der Waals surface area contributed by atoms with E-state index in [0.29, 0.717) is 35.2 Å². The van der Waals surface area contributed by atoms with Crippen LogP contribution in [0.25, 0.3) is 0 Å². The molecule has 1 atom stereocenters. The van der Waals surface area contributed by atoms with Gasteiger partial charge in [-0.1, -0.05) is 34.1 Å². The van der Waals surface area contributed by atoms with E-state index in [4.69, 9.17) is 5.73 Å². The van der Waals surface area contributed by atoms with Crippen LogP contribution in [0.3, 0.4) is 0 Å². The number of amides is 2. The number of fused-ring (bicyclic) bond motifs is 1. The summed E-state index contributed by atoms with van der Waals surface area (Å²) in [6.07, 6.45) is 2.02. The molecule has 1 heterocycles. The Balaban J connectivity index is 1.65. The number of hydrogen-bond acceptors (Lipinski definition) is 4. The van der Waals surface area contributed by atoms with Crippen LogP contribution in [0.4, 0.5) is 0 Å². The lowest BCUT2D eigenvalue weighted by molar-refractivity contribution is 0.0923. The molecule has 0 fully saturated rings. The molecule has 2 amide bonds. The average molecular weight is 494 g/mol. The van der Waals surface area contributed by atoms with Gasteiger partial charge >= 0.3 is 0 Å². The van der Waals surface area contributed by atoms with Crippen molar-refractivity contribution in [1.29, 1.82) is 0 Å². The lowest BCUT2D eigenvalue weighted by Crippen LogP contribution is -2.34. The Morgan fingerprint density at radius 1 is 1.00 bits per heavy atom. The van der Waals surface area contributed by atoms with Crippen molar-refractivity contribution in [3.8, 4) is 0 Å². The summed E-state index contributed by atoms with van der Waals surface area (Å²) in [7, 11) is 0. The van der Waals surface area contributed by atoms with Crippen molar-refractivity contribution < 1.29 is 14.4 Å². The Kier molecular flexibility index (Phi) is 6.05. The smallest absolute Gasteiger partial charge is 0.261 e. The van der Waals surface area contributed by atoms with E-state index in [0.717, 1.165) is 10.9 Å². The first-order valence-electron chi connectivity index (χ1n) is 10.1. The van der Waals surface area contributed by atoms with Crippen molar-refractivity contribution in [2.24, 2.45) is 5.73 Å². The highest BCUT2D eigenvalue weighted by atomic mass is 79.9. The van der Waals surface area contributed by atoms with Gasteiger partial charge in [-0.3, -0.25) is 19.2 Å². The van der Waals surface area contributed by atoms with Crippen LogP contribution in [0, 0.1) is 0 Å². The van der Waals surface area contributed by atoms with Gasteiger partial charge < -0.3 is 16.0 Å². The third kappa shape index (κ3) is 4.27. The number of pyridine rings is 1. The Hall–Kier alpha value is -3.52. The summed E-state index contributed by atoms with van der Waals surface area (Å²) >= 11 is 3.35. The zero-order valence-corrected chi connectivity index (χ0v) is 18.6. The first-order valence-corrected chi connectivity index (χ1v) is 10.9. The zero-order valence-electron chi connectivity index (χ0n) is 17.0. The van der Waals surface area contributed by atoms with Crippen LogP contribution in [-0.2, 0) is 6.42 Å². The number of primary amides is 1. The summed E-state index contributed by atoms with van der Waals surface area (Å²) < 4.78 is 0.851. The van der Waals surface area contributed by atoms with E-state index in [1.165, 1.54) is 6.07 Å². The molecule has 3 aromatic rings. The minimum atomic E-state index is -0.824. The molecular formula is C24H20BrN3O4. The number of carbonyl (C=O) groups is 3. The number of rotatable bonds is 5. The molecule has 1 aliphatic rings. The molecule has 0 unspecified atom stereocenters. The van der Waals surface area contributed by atoms with Crippen molar-refractivity contribution in [3.63, 3.8) is 0 Å². The van der Waals surface area contributed by atoms with Gasteiger partial charge in [0.15, 0.2) is 5.78 Å². The molecule has 0 saturated heterocycles. The van der Waals surface area contributed by atoms with Gasteiger partial charge in [0.1, 0.15) is 5.56 Å². The monoisotopic (exact) mass is 493 g/mol. The maximum absolute atomic E-state index is 13.2. The number of carbonyl (C=O) groups excluding carboxylic acids is 3. The van der Waals surface area contributed by atoms with E-state index < -0.39 is 23.4 Å². The number of nitrogens with one attached hydrogen (secondary N) is 2. The molecule has 0 bridgehead atoms. The summed E-state index contributed by atoms with van der Waals surface area (Å²) in [6, 6.07) is 14.6. The van der Waals surface area contributed by atoms with E-state index >= 15 is 0 Å². The SMILES string of the molecule is NC(=O)c1cc2c([nH]c1=O)CCC[C@@H]2NC(=O)c1ccccc1C(=O)c1ccc(Br)cc1. The maximum Gasteiger partial charge on any atom is 0.261 e. The minimum Gasteiger partial charge on any atom is -0.365 e. The number of aromatic amines is 1. The van der Waals surface area contributed by atoms with Gasteiger partial charge in [-0.25, -0.2) is 0 Å². The number of benzene rings is 2. The van der Waals surface area contributed by atoms with E-state index in [9.17, 15) is 19.2 Å². The summed E-state index contributed by atoms with van der Waals surface area (Å²) in [4.78, 5) is 52.6. The van der Waals surface area contributed by atoms with Crippen LogP contribution < -0.4 is 16.6 Å². The third-order valence-corrected chi connectivity index (χ3v) is 6.07. The number of hydrogen-bond donors (Lipinski definition) is 3. The lowest BCUT2D eigenvalue weighted by Gasteiger charge is -2.26. The van der Waals surface area contributed by atoms with Crippen LogP contribution in [0.2, 0.25) is 0 Å². The second kappa shape index (κ2) is 8.92. The highest BCUT2D eigenvalue weighted by Gasteiger charge is 2.26. The quantitative estimate of drug-likeness (QED) is 0.472. The predicted octanol–water partition coefficient (Wildman–Crippen LogP) is 3.27. The summed E-state index contributed by atoms with van der Waals surface area (Å²) in [6.45, 7) is 0. The highest BCUT2D eigenvalue weighted by molar-refractivity contribution is 9.10. The van der Waals surface area contributed by atoms with Gasteiger partial charge in [-0.2, -0.15) is 0 Å². The number of nitrogens with two attached hydrogens (primary N) is 1. The summed E-state index contributed by atoms with van der Waals surface area (Å²) in [5.41, 5.74) is 7.00. The first-order chi connectivity index (χ1) is 15.3. The normalized spacial score (nSPS) is 15.0. The van der Waals surface area contributed by atoms with E-state index in [2.05, 4.69) is 26.2 Å². The van der Waals surface area contributed by atoms with Gasteiger partial charge in [-0.15, -0.1) is 0 Å². The van der Waals surface area contributed by atoms with Crippen molar-refractivity contribution in [2.75, 3.05) is 0 Å². The average Bonchev–Trinajstić information content (AvgIpc) is 2.78. The van der Waals surface area contributed by atoms with Gasteiger partial charge in [0, 0.05) is 21.3 Å². The molecule has 1 aliphatic carbocycles. The highest BCUT2D eigenvalue weighted by Crippen LogP contribution is 2.29. The Morgan fingerprint density at radius 3 is 2.38 bits per heavy atom. The molecule has 1 aromatic heterocycles. The summed E-state index contributed by atoms with van der Waals surface area (Å²) in [5.74, 6) is -1.49. The van der Waals surface area contributed by atoms with Crippen LogP contribution in [0.15, 0.2) is 63.9 Å². The van der Waals surface area contributed by atoms with Crippen molar-refractivity contribution in [2.45, 2.75) is 25.3 Å². The summed E-state index contributed by atoms with van der Waals surface area (Å²) in [5, 5.41) is 2.96. The second-order valence-electron chi connectivity index (χ2n) is 7.61. The molecule has 32 heavy (non-hydrogen) atoms. The fourth-order valence-corrected chi connectivity index (χ4v) is 4.21. The van der Waals surface area contributed by atoms with Crippen molar-refractivity contribution in [1.82, 2.24) is 10.3 Å². The predicted molar refractivity (Wildman–Crippen MR) is 123 cm³/mol. The molecule has 0 radical (unpaired) electrons. The maximum atomic E-state index is 13.2. The molecule has 4 N–H and O–H groups in total. The van der Waals surface area contributed by atoms with E-state index in [-0.39, 0.29) is 16.9 Å². The van der Waals surface area contributed by atoms with Gasteiger partial charge in [0.2, 0.25) is 0 Å². The van der Waals surface area contributed by atoms with Crippen LogP contribution in [0.1, 0.15) is 66.8 Å². The third-order valence-electron chi connectivity index (χ3n) is 5.55. The molecular weight excluding hydrogens is 474 g/mol. The second-order valence-corrected chi connectivity index (χ2v) is 8.53. The van der Waals surface area contributed by atoms with Gasteiger partial charge in [0.25, 0.3) is 17.4 Å². The first kappa shape index (κ1) is 21.7. The molecule has 0 saturated carbocycles. The Bertz CT molecular complexity index is 1280. The number of H-pyrrole nitrogens is 1. The molecule has 0 aliphatic heterocycles. The molecule has 162 valence electrons. The van der Waals surface area contributed by atoms with Crippen LogP contribution in [0.5, 0.6) is 0 Å². The van der Waals surface area contributed by atoms with Crippen LogP contribution in [-0.4, -0.2) is 22.6 Å². The number of ketones is 1. The largest absolute Gasteiger partial charge is 0.365 e. The van der Waals surface area contributed by atoms with Crippen molar-refractivity contribution >= 4 is 33.5 Å². The van der Waals surface area contributed by atoms with Crippen molar-refractivity contribution in [3.05, 3.63) is 103 Å².